The third-order valence-electron chi connectivity index (χ3n) is 3.72. The number of hydrogen-bond acceptors (Lipinski definition) is 4. The molecule has 2 atom stereocenters. The largest absolute Gasteiger partial charge is 0.465 e. The molecule has 1 aromatic carbocycles. The second-order valence-corrected chi connectivity index (χ2v) is 5.71. The Kier molecular flexibility index (Phi) is 9.03. The summed E-state index contributed by atoms with van der Waals surface area (Å²) >= 11 is 0. The van der Waals surface area contributed by atoms with Crippen LogP contribution in [0.15, 0.2) is 30.3 Å². The van der Waals surface area contributed by atoms with Crippen molar-refractivity contribution in [2.24, 2.45) is 5.92 Å². The fourth-order valence-corrected chi connectivity index (χ4v) is 2.21. The quantitative estimate of drug-likeness (QED) is 0.363. The Morgan fingerprint density at radius 2 is 1.65 bits per heavy atom. The molecule has 0 aliphatic carbocycles. The zero-order chi connectivity index (χ0) is 17.1. The maximum atomic E-state index is 12.4. The van der Waals surface area contributed by atoms with Crippen LogP contribution in [0.25, 0.3) is 0 Å². The molecule has 0 saturated carbocycles. The highest BCUT2D eigenvalue weighted by atomic mass is 16.6. The van der Waals surface area contributed by atoms with E-state index in [1.54, 1.807) is 0 Å². The molecule has 4 nitrogen and oxygen atoms in total. The Morgan fingerprint density at radius 3 is 2.26 bits per heavy atom. The van der Waals surface area contributed by atoms with E-state index >= 15 is 0 Å². The van der Waals surface area contributed by atoms with E-state index in [1.807, 2.05) is 51.1 Å². The lowest BCUT2D eigenvalue weighted by Gasteiger charge is -2.19. The monoisotopic (exact) mass is 320 g/mol. The van der Waals surface area contributed by atoms with Crippen LogP contribution in [0.3, 0.4) is 0 Å². The molecule has 0 aliphatic heterocycles. The maximum absolute atomic E-state index is 12.4. The molecule has 1 aromatic rings. The number of esters is 2. The first kappa shape index (κ1) is 19.2. The Morgan fingerprint density at radius 1 is 1.00 bits per heavy atom. The number of rotatable bonds is 10. The van der Waals surface area contributed by atoms with E-state index in [2.05, 4.69) is 0 Å². The summed E-state index contributed by atoms with van der Waals surface area (Å²) in [6.07, 6.45) is 3.56. The van der Waals surface area contributed by atoms with Crippen LogP contribution in [0.2, 0.25) is 0 Å². The molecule has 4 heteroatoms. The number of ether oxygens (including phenoxy) is 2. The number of carbonyl (C=O) groups is 2. The van der Waals surface area contributed by atoms with Crippen molar-refractivity contribution in [2.45, 2.75) is 59.0 Å². The van der Waals surface area contributed by atoms with Gasteiger partial charge in [-0.2, -0.15) is 0 Å². The standard InChI is InChI=1S/C19H28O4/c1-4-6-13-17(18(20)22-14-7-5-2)19(21)23-15(3)16-11-9-8-10-12-16/h8-12,15,17H,4-7,13-14H2,1-3H3. The van der Waals surface area contributed by atoms with Gasteiger partial charge in [-0.1, -0.05) is 63.4 Å². The molecule has 0 fully saturated rings. The average molecular weight is 320 g/mol. The van der Waals surface area contributed by atoms with Gasteiger partial charge in [0.05, 0.1) is 6.61 Å². The molecular formula is C19H28O4. The average Bonchev–Trinajstić information content (AvgIpc) is 2.56. The van der Waals surface area contributed by atoms with E-state index in [0.29, 0.717) is 13.0 Å². The van der Waals surface area contributed by atoms with E-state index in [9.17, 15) is 9.59 Å². The van der Waals surface area contributed by atoms with Gasteiger partial charge in [0.2, 0.25) is 0 Å². The molecule has 0 heterocycles. The molecule has 0 N–H and O–H groups in total. The summed E-state index contributed by atoms with van der Waals surface area (Å²) in [4.78, 5) is 24.5. The minimum Gasteiger partial charge on any atom is -0.465 e. The minimum absolute atomic E-state index is 0.361. The lowest BCUT2D eigenvalue weighted by molar-refractivity contribution is -0.165. The highest BCUT2D eigenvalue weighted by Gasteiger charge is 2.30. The fraction of sp³-hybridized carbons (Fsp3) is 0.579. The van der Waals surface area contributed by atoms with E-state index in [1.165, 1.54) is 0 Å². The van der Waals surface area contributed by atoms with Gasteiger partial charge in [0, 0.05) is 0 Å². The van der Waals surface area contributed by atoms with Gasteiger partial charge in [0.1, 0.15) is 6.10 Å². The van der Waals surface area contributed by atoms with Crippen LogP contribution in [0, 0.1) is 5.92 Å². The molecule has 0 aromatic heterocycles. The minimum atomic E-state index is -0.821. The topological polar surface area (TPSA) is 52.6 Å². The van der Waals surface area contributed by atoms with Crippen molar-refractivity contribution in [1.82, 2.24) is 0 Å². The Labute approximate surface area is 139 Å². The third-order valence-corrected chi connectivity index (χ3v) is 3.72. The van der Waals surface area contributed by atoms with Gasteiger partial charge in [0.25, 0.3) is 0 Å². The second kappa shape index (κ2) is 10.8. The van der Waals surface area contributed by atoms with Crippen molar-refractivity contribution in [3.63, 3.8) is 0 Å². The van der Waals surface area contributed by atoms with E-state index < -0.39 is 17.9 Å². The van der Waals surface area contributed by atoms with Crippen molar-refractivity contribution in [2.75, 3.05) is 6.61 Å². The molecule has 0 saturated heterocycles. The van der Waals surface area contributed by atoms with Crippen LogP contribution < -0.4 is 0 Å². The Balaban J connectivity index is 2.65. The van der Waals surface area contributed by atoms with Crippen LogP contribution in [0.4, 0.5) is 0 Å². The predicted molar refractivity (Wildman–Crippen MR) is 89.8 cm³/mol. The van der Waals surface area contributed by atoms with Crippen LogP contribution in [0.1, 0.15) is 64.5 Å². The summed E-state index contributed by atoms with van der Waals surface area (Å²) in [7, 11) is 0. The number of benzene rings is 1. The summed E-state index contributed by atoms with van der Waals surface area (Å²) < 4.78 is 10.7. The highest BCUT2D eigenvalue weighted by molar-refractivity contribution is 5.94. The summed E-state index contributed by atoms with van der Waals surface area (Å²) in [5, 5.41) is 0. The first-order chi connectivity index (χ1) is 11.1. The second-order valence-electron chi connectivity index (χ2n) is 5.71. The van der Waals surface area contributed by atoms with Gasteiger partial charge in [0.15, 0.2) is 5.92 Å². The summed E-state index contributed by atoms with van der Waals surface area (Å²) in [5.41, 5.74) is 0.912. The third kappa shape index (κ3) is 6.85. The molecule has 23 heavy (non-hydrogen) atoms. The van der Waals surface area contributed by atoms with Gasteiger partial charge in [-0.05, 0) is 25.3 Å². The van der Waals surface area contributed by atoms with Gasteiger partial charge in [-0.3, -0.25) is 9.59 Å². The Hall–Kier alpha value is -1.84. The molecule has 1 rings (SSSR count). The summed E-state index contributed by atoms with van der Waals surface area (Å²) in [6, 6.07) is 9.50. The van der Waals surface area contributed by atoms with Gasteiger partial charge < -0.3 is 9.47 Å². The molecule has 0 amide bonds. The molecule has 128 valence electrons. The Bertz CT molecular complexity index is 470. The van der Waals surface area contributed by atoms with E-state index in [4.69, 9.17) is 9.47 Å². The molecular weight excluding hydrogens is 292 g/mol. The van der Waals surface area contributed by atoms with Crippen molar-refractivity contribution < 1.29 is 19.1 Å². The van der Waals surface area contributed by atoms with Crippen LogP contribution in [-0.4, -0.2) is 18.5 Å². The summed E-state index contributed by atoms with van der Waals surface area (Å²) in [6.45, 7) is 6.22. The molecule has 0 radical (unpaired) electrons. The number of hydrogen-bond donors (Lipinski definition) is 0. The van der Waals surface area contributed by atoms with Crippen molar-refractivity contribution in [1.29, 1.82) is 0 Å². The van der Waals surface area contributed by atoms with Crippen molar-refractivity contribution >= 4 is 11.9 Å². The van der Waals surface area contributed by atoms with Gasteiger partial charge in [-0.15, -0.1) is 0 Å². The summed E-state index contributed by atoms with van der Waals surface area (Å²) in [5.74, 6) is -1.77. The lowest BCUT2D eigenvalue weighted by atomic mass is 10.0. The number of carbonyl (C=O) groups excluding carboxylic acids is 2. The molecule has 0 bridgehead atoms. The molecule has 0 aliphatic rings. The maximum Gasteiger partial charge on any atom is 0.320 e. The zero-order valence-corrected chi connectivity index (χ0v) is 14.4. The number of unbranched alkanes of at least 4 members (excludes halogenated alkanes) is 2. The highest BCUT2D eigenvalue weighted by Crippen LogP contribution is 2.21. The predicted octanol–water partition coefficient (Wildman–Crippen LogP) is 4.44. The normalized spacial score (nSPS) is 13.2. The smallest absolute Gasteiger partial charge is 0.320 e. The van der Waals surface area contributed by atoms with Crippen LogP contribution in [-0.2, 0) is 19.1 Å². The van der Waals surface area contributed by atoms with Gasteiger partial charge in [-0.25, -0.2) is 0 Å². The fourth-order valence-electron chi connectivity index (χ4n) is 2.21. The first-order valence-electron chi connectivity index (χ1n) is 8.52. The molecule has 0 spiro atoms. The molecule has 2 unspecified atom stereocenters. The van der Waals surface area contributed by atoms with Gasteiger partial charge >= 0.3 is 11.9 Å². The first-order valence-corrected chi connectivity index (χ1v) is 8.52. The van der Waals surface area contributed by atoms with Crippen LogP contribution >= 0.6 is 0 Å². The SMILES string of the molecule is CCCCOC(=O)C(CCCC)C(=O)OC(C)c1ccccc1. The van der Waals surface area contributed by atoms with E-state index in [0.717, 1.165) is 31.2 Å². The lowest BCUT2D eigenvalue weighted by Crippen LogP contribution is -2.29. The van der Waals surface area contributed by atoms with Crippen molar-refractivity contribution in [3.8, 4) is 0 Å². The van der Waals surface area contributed by atoms with E-state index in [-0.39, 0.29) is 6.10 Å². The van der Waals surface area contributed by atoms with Crippen LogP contribution in [0.5, 0.6) is 0 Å². The zero-order valence-electron chi connectivity index (χ0n) is 14.4. The van der Waals surface area contributed by atoms with Crippen molar-refractivity contribution in [3.05, 3.63) is 35.9 Å².